The van der Waals surface area contributed by atoms with Crippen LogP contribution in [0.25, 0.3) is 0 Å². The second kappa shape index (κ2) is 8.22. The van der Waals surface area contributed by atoms with E-state index < -0.39 is 11.1 Å². The van der Waals surface area contributed by atoms with Crippen LogP contribution in [-0.2, 0) is 6.54 Å². The van der Waals surface area contributed by atoms with Gasteiger partial charge in [-0.05, 0) is 36.6 Å². The number of rotatable bonds is 6. The van der Waals surface area contributed by atoms with Gasteiger partial charge in [-0.25, -0.2) is 4.98 Å². The maximum absolute atomic E-state index is 11.6. The number of azo groups is 1. The molecule has 1 aliphatic rings. The van der Waals surface area contributed by atoms with Gasteiger partial charge in [0.1, 0.15) is 5.15 Å². The Balaban J connectivity index is 1.82. The number of aryl methyl sites for hydroxylation is 2. The average molecular weight is 387 g/mol. The van der Waals surface area contributed by atoms with Crippen molar-refractivity contribution >= 4 is 23.1 Å². The first kappa shape index (κ1) is 18.9. The summed E-state index contributed by atoms with van der Waals surface area (Å²) in [6, 6.07) is 9.24. The van der Waals surface area contributed by atoms with Crippen molar-refractivity contribution in [3.8, 4) is 0 Å². The van der Waals surface area contributed by atoms with Gasteiger partial charge in [-0.1, -0.05) is 35.9 Å². The molecule has 9 heteroatoms. The molecule has 1 aromatic heterocycles. The zero-order valence-corrected chi connectivity index (χ0v) is 15.8. The first-order chi connectivity index (χ1) is 13.0. The SMILES string of the molecule is Cc1cccc(C)c1N=NC(C1=NCCN1Cc1ccc(Cl)nc1)[N+](=O)[O-]. The lowest BCUT2D eigenvalue weighted by Gasteiger charge is -2.20. The molecule has 0 fully saturated rings. The summed E-state index contributed by atoms with van der Waals surface area (Å²) in [6.45, 7) is 5.32. The third-order valence-corrected chi connectivity index (χ3v) is 4.49. The average Bonchev–Trinajstić information content (AvgIpc) is 3.07. The second-order valence-electron chi connectivity index (χ2n) is 6.27. The summed E-state index contributed by atoms with van der Waals surface area (Å²) in [7, 11) is 0. The molecule has 0 amide bonds. The van der Waals surface area contributed by atoms with E-state index >= 15 is 0 Å². The third-order valence-electron chi connectivity index (χ3n) is 4.27. The molecule has 1 atom stereocenters. The molecule has 2 aromatic rings. The van der Waals surface area contributed by atoms with Gasteiger partial charge in [0.15, 0.2) is 0 Å². The molecule has 0 aliphatic carbocycles. The van der Waals surface area contributed by atoms with Gasteiger partial charge in [0.25, 0.3) is 0 Å². The number of nitrogens with zero attached hydrogens (tertiary/aromatic N) is 6. The van der Waals surface area contributed by atoms with Crippen LogP contribution in [-0.4, -0.2) is 39.9 Å². The Kier molecular flexibility index (Phi) is 5.75. The second-order valence-corrected chi connectivity index (χ2v) is 6.65. The highest BCUT2D eigenvalue weighted by atomic mass is 35.5. The van der Waals surface area contributed by atoms with Gasteiger partial charge in [-0.3, -0.25) is 15.1 Å². The Labute approximate surface area is 161 Å². The number of hydrogen-bond donors (Lipinski definition) is 0. The Morgan fingerprint density at radius 1 is 1.30 bits per heavy atom. The van der Waals surface area contributed by atoms with Crippen molar-refractivity contribution in [2.75, 3.05) is 13.1 Å². The Morgan fingerprint density at radius 2 is 2.04 bits per heavy atom. The van der Waals surface area contributed by atoms with Gasteiger partial charge in [0, 0.05) is 19.3 Å². The molecule has 140 valence electrons. The molecule has 2 heterocycles. The van der Waals surface area contributed by atoms with Crippen LogP contribution >= 0.6 is 11.6 Å². The van der Waals surface area contributed by atoms with E-state index in [1.54, 1.807) is 12.3 Å². The predicted octanol–water partition coefficient (Wildman–Crippen LogP) is 3.95. The molecule has 27 heavy (non-hydrogen) atoms. The third kappa shape index (κ3) is 4.46. The van der Waals surface area contributed by atoms with E-state index in [1.165, 1.54) is 0 Å². The van der Waals surface area contributed by atoms with Gasteiger partial charge in [0.05, 0.1) is 17.2 Å². The Hall–Kier alpha value is -2.87. The molecule has 0 saturated carbocycles. The van der Waals surface area contributed by atoms with E-state index in [0.29, 0.717) is 36.3 Å². The fourth-order valence-electron chi connectivity index (χ4n) is 2.89. The van der Waals surface area contributed by atoms with Crippen molar-refractivity contribution in [1.82, 2.24) is 9.88 Å². The summed E-state index contributed by atoms with van der Waals surface area (Å²) in [4.78, 5) is 21.4. The number of amidine groups is 1. The summed E-state index contributed by atoms with van der Waals surface area (Å²) in [5, 5.41) is 20.2. The van der Waals surface area contributed by atoms with Crippen LogP contribution in [0.2, 0.25) is 5.15 Å². The summed E-state index contributed by atoms with van der Waals surface area (Å²) < 4.78 is 0. The maximum atomic E-state index is 11.6. The molecule has 0 spiro atoms. The van der Waals surface area contributed by atoms with Gasteiger partial charge < -0.3 is 4.90 Å². The largest absolute Gasteiger partial charge is 0.377 e. The summed E-state index contributed by atoms with van der Waals surface area (Å²) >= 11 is 5.81. The summed E-state index contributed by atoms with van der Waals surface area (Å²) in [5.74, 6) is 0.310. The number of aliphatic imine (C=N–C) groups is 1. The van der Waals surface area contributed by atoms with Crippen LogP contribution in [0.1, 0.15) is 16.7 Å². The molecule has 0 N–H and O–H groups in total. The van der Waals surface area contributed by atoms with Crippen molar-refractivity contribution in [2.45, 2.75) is 26.6 Å². The molecule has 3 rings (SSSR count). The van der Waals surface area contributed by atoms with Crippen molar-refractivity contribution < 1.29 is 4.92 Å². The molecular formula is C18H19ClN6O2. The van der Waals surface area contributed by atoms with E-state index in [0.717, 1.165) is 16.7 Å². The minimum absolute atomic E-state index is 0.310. The van der Waals surface area contributed by atoms with E-state index in [4.69, 9.17) is 11.6 Å². The van der Waals surface area contributed by atoms with Gasteiger partial charge in [-0.2, -0.15) is 0 Å². The number of benzene rings is 1. The van der Waals surface area contributed by atoms with Gasteiger partial charge in [0.2, 0.25) is 5.84 Å². The fourth-order valence-corrected chi connectivity index (χ4v) is 3.00. The zero-order chi connectivity index (χ0) is 19.4. The summed E-state index contributed by atoms with van der Waals surface area (Å²) in [5.41, 5.74) is 3.37. The van der Waals surface area contributed by atoms with E-state index in [1.807, 2.05) is 43.0 Å². The molecule has 1 unspecified atom stereocenters. The highest BCUT2D eigenvalue weighted by Gasteiger charge is 2.34. The summed E-state index contributed by atoms with van der Waals surface area (Å²) in [6.07, 6.45) is 0.309. The van der Waals surface area contributed by atoms with Crippen molar-refractivity contribution in [3.05, 3.63) is 68.5 Å². The first-order valence-corrected chi connectivity index (χ1v) is 8.84. The zero-order valence-electron chi connectivity index (χ0n) is 15.0. The molecule has 1 aliphatic heterocycles. The van der Waals surface area contributed by atoms with E-state index in [9.17, 15) is 10.1 Å². The van der Waals surface area contributed by atoms with Crippen LogP contribution in [0.5, 0.6) is 0 Å². The highest BCUT2D eigenvalue weighted by Crippen LogP contribution is 2.24. The van der Waals surface area contributed by atoms with Crippen LogP contribution in [0.4, 0.5) is 5.69 Å². The number of hydrogen-bond acceptors (Lipinski definition) is 7. The molecule has 0 radical (unpaired) electrons. The van der Waals surface area contributed by atoms with Crippen molar-refractivity contribution in [1.29, 1.82) is 0 Å². The lowest BCUT2D eigenvalue weighted by atomic mass is 10.1. The quantitative estimate of drug-likeness (QED) is 0.325. The molecule has 0 bridgehead atoms. The van der Waals surface area contributed by atoms with Crippen molar-refractivity contribution in [2.24, 2.45) is 15.2 Å². The number of aromatic nitrogens is 1. The highest BCUT2D eigenvalue weighted by molar-refractivity contribution is 6.29. The maximum Gasteiger partial charge on any atom is 0.377 e. The lowest BCUT2D eigenvalue weighted by Crippen LogP contribution is -2.39. The number of nitro groups is 1. The minimum atomic E-state index is -1.34. The van der Waals surface area contributed by atoms with Crippen LogP contribution < -0.4 is 0 Å². The van der Waals surface area contributed by atoms with E-state index in [-0.39, 0.29) is 0 Å². The lowest BCUT2D eigenvalue weighted by molar-refractivity contribution is -0.503. The minimum Gasteiger partial charge on any atom is -0.347 e. The van der Waals surface area contributed by atoms with Crippen LogP contribution in [0, 0.1) is 24.0 Å². The monoisotopic (exact) mass is 386 g/mol. The molecule has 1 aromatic carbocycles. The fraction of sp³-hybridized carbons (Fsp3) is 0.333. The number of halogens is 1. The Morgan fingerprint density at radius 3 is 2.67 bits per heavy atom. The standard InChI is InChI=1S/C18H19ClN6O2/c1-12-4-3-5-13(2)16(12)22-23-18(25(26)27)17-20-8-9-24(17)11-14-6-7-15(19)21-10-14/h3-7,10,18H,8-9,11H2,1-2H3. The predicted molar refractivity (Wildman–Crippen MR) is 103 cm³/mol. The van der Waals surface area contributed by atoms with E-state index in [2.05, 4.69) is 20.2 Å². The topological polar surface area (TPSA) is 96.3 Å². The normalized spacial score (nSPS) is 15.2. The molecule has 8 nitrogen and oxygen atoms in total. The smallest absolute Gasteiger partial charge is 0.347 e. The van der Waals surface area contributed by atoms with Crippen molar-refractivity contribution in [3.63, 3.8) is 0 Å². The molecule has 0 saturated heterocycles. The van der Waals surface area contributed by atoms with Crippen LogP contribution in [0.15, 0.2) is 51.7 Å². The number of pyridine rings is 1. The first-order valence-electron chi connectivity index (χ1n) is 8.46. The van der Waals surface area contributed by atoms with Gasteiger partial charge >= 0.3 is 6.17 Å². The van der Waals surface area contributed by atoms with Gasteiger partial charge in [-0.15, -0.1) is 10.2 Å². The van der Waals surface area contributed by atoms with Crippen LogP contribution in [0.3, 0.4) is 0 Å². The Bertz CT molecular complexity index is 877. The molecular weight excluding hydrogens is 368 g/mol.